The maximum absolute atomic E-state index is 12.3. The minimum absolute atomic E-state index is 0.139. The predicted molar refractivity (Wildman–Crippen MR) is 72.2 cm³/mol. The van der Waals surface area contributed by atoms with Crippen molar-refractivity contribution in [1.29, 1.82) is 0 Å². The van der Waals surface area contributed by atoms with E-state index in [-0.39, 0.29) is 12.3 Å². The maximum Gasteiger partial charge on any atom is 0.326 e. The first-order chi connectivity index (χ1) is 9.66. The SMILES string of the molecule is O=C(O)C1CCCN1C(=O)Cc1c[nH]c2ncccc12. The number of hydrogen-bond acceptors (Lipinski definition) is 3. The van der Waals surface area contributed by atoms with Gasteiger partial charge in [0.2, 0.25) is 5.91 Å². The second kappa shape index (κ2) is 4.96. The van der Waals surface area contributed by atoms with E-state index in [4.69, 9.17) is 5.11 Å². The van der Waals surface area contributed by atoms with Crippen LogP contribution in [-0.4, -0.2) is 44.4 Å². The monoisotopic (exact) mass is 273 g/mol. The first kappa shape index (κ1) is 12.7. The summed E-state index contributed by atoms with van der Waals surface area (Å²) in [5.41, 5.74) is 1.60. The largest absolute Gasteiger partial charge is 0.480 e. The lowest BCUT2D eigenvalue weighted by molar-refractivity contribution is -0.147. The Morgan fingerprint density at radius 1 is 1.50 bits per heavy atom. The molecule has 3 heterocycles. The topological polar surface area (TPSA) is 86.3 Å². The molecular formula is C14H15N3O3. The highest BCUT2D eigenvalue weighted by molar-refractivity contribution is 5.89. The number of carboxylic acid groups (broad SMARTS) is 1. The quantitative estimate of drug-likeness (QED) is 0.879. The van der Waals surface area contributed by atoms with Gasteiger partial charge in [0.1, 0.15) is 11.7 Å². The molecule has 0 saturated carbocycles. The van der Waals surface area contributed by atoms with E-state index in [1.54, 1.807) is 12.4 Å². The van der Waals surface area contributed by atoms with Crippen LogP contribution in [0.3, 0.4) is 0 Å². The minimum atomic E-state index is -0.920. The van der Waals surface area contributed by atoms with E-state index in [9.17, 15) is 9.59 Å². The van der Waals surface area contributed by atoms with Crippen molar-refractivity contribution in [2.45, 2.75) is 25.3 Å². The van der Waals surface area contributed by atoms with E-state index in [2.05, 4.69) is 9.97 Å². The number of carbonyl (C=O) groups is 2. The molecule has 104 valence electrons. The van der Waals surface area contributed by atoms with Crippen molar-refractivity contribution in [3.63, 3.8) is 0 Å². The lowest BCUT2D eigenvalue weighted by Crippen LogP contribution is -2.41. The second-order valence-electron chi connectivity index (χ2n) is 4.97. The molecule has 1 saturated heterocycles. The predicted octanol–water partition coefficient (Wildman–Crippen LogP) is 1.18. The molecular weight excluding hydrogens is 258 g/mol. The van der Waals surface area contributed by atoms with Crippen molar-refractivity contribution in [3.8, 4) is 0 Å². The average molecular weight is 273 g/mol. The molecule has 0 aromatic carbocycles. The Morgan fingerprint density at radius 2 is 2.35 bits per heavy atom. The molecule has 0 radical (unpaired) electrons. The number of rotatable bonds is 3. The Kier molecular flexibility index (Phi) is 3.14. The Bertz CT molecular complexity index is 664. The van der Waals surface area contributed by atoms with Crippen molar-refractivity contribution in [3.05, 3.63) is 30.1 Å². The van der Waals surface area contributed by atoms with Crippen molar-refractivity contribution in [1.82, 2.24) is 14.9 Å². The molecule has 0 spiro atoms. The summed E-state index contributed by atoms with van der Waals surface area (Å²) in [6.45, 7) is 0.524. The second-order valence-corrected chi connectivity index (χ2v) is 4.97. The molecule has 3 rings (SSSR count). The molecule has 1 unspecified atom stereocenters. The number of aromatic nitrogens is 2. The molecule has 1 atom stereocenters. The average Bonchev–Trinajstić information content (AvgIpc) is 3.06. The first-order valence-corrected chi connectivity index (χ1v) is 6.60. The fourth-order valence-electron chi connectivity index (χ4n) is 2.75. The zero-order chi connectivity index (χ0) is 14.1. The molecule has 20 heavy (non-hydrogen) atoms. The smallest absolute Gasteiger partial charge is 0.326 e. The number of aliphatic carboxylic acids is 1. The zero-order valence-corrected chi connectivity index (χ0v) is 10.9. The number of carboxylic acids is 1. The minimum Gasteiger partial charge on any atom is -0.480 e. The normalized spacial score (nSPS) is 18.6. The van der Waals surface area contributed by atoms with E-state index in [0.717, 1.165) is 23.0 Å². The highest BCUT2D eigenvalue weighted by atomic mass is 16.4. The van der Waals surface area contributed by atoms with Crippen LogP contribution in [0.5, 0.6) is 0 Å². The molecule has 0 aliphatic carbocycles. The molecule has 0 bridgehead atoms. The Labute approximate surface area is 115 Å². The molecule has 2 aromatic rings. The summed E-state index contributed by atoms with van der Waals surface area (Å²) in [6.07, 6.45) is 4.94. The summed E-state index contributed by atoms with van der Waals surface area (Å²) in [4.78, 5) is 32.1. The standard InChI is InChI=1S/C14H15N3O3/c18-12(17-6-2-4-11(17)14(19)20)7-9-8-16-13-10(9)3-1-5-15-13/h1,3,5,8,11H,2,4,6-7H2,(H,15,16)(H,19,20). The summed E-state index contributed by atoms with van der Waals surface area (Å²) in [5.74, 6) is -1.06. The van der Waals surface area contributed by atoms with Gasteiger partial charge < -0.3 is 15.0 Å². The van der Waals surface area contributed by atoms with Gasteiger partial charge in [-0.3, -0.25) is 4.79 Å². The number of H-pyrrole nitrogens is 1. The summed E-state index contributed by atoms with van der Waals surface area (Å²) >= 11 is 0. The fraction of sp³-hybridized carbons (Fsp3) is 0.357. The van der Waals surface area contributed by atoms with E-state index < -0.39 is 12.0 Å². The summed E-state index contributed by atoms with van der Waals surface area (Å²) in [7, 11) is 0. The van der Waals surface area contributed by atoms with Crippen molar-refractivity contribution in [2.24, 2.45) is 0 Å². The van der Waals surface area contributed by atoms with Crippen molar-refractivity contribution >= 4 is 22.9 Å². The van der Waals surface area contributed by atoms with Gasteiger partial charge in [0, 0.05) is 24.3 Å². The number of amides is 1. The summed E-state index contributed by atoms with van der Waals surface area (Å²) < 4.78 is 0. The highest BCUT2D eigenvalue weighted by Crippen LogP contribution is 2.21. The number of likely N-dealkylation sites (tertiary alicyclic amines) is 1. The van der Waals surface area contributed by atoms with Gasteiger partial charge in [0.05, 0.1) is 6.42 Å². The van der Waals surface area contributed by atoms with E-state index in [1.165, 1.54) is 4.90 Å². The summed E-state index contributed by atoms with van der Waals surface area (Å²) in [5, 5.41) is 10.0. The molecule has 1 amide bonds. The highest BCUT2D eigenvalue weighted by Gasteiger charge is 2.33. The number of fused-ring (bicyclic) bond motifs is 1. The molecule has 2 aromatic heterocycles. The van der Waals surface area contributed by atoms with E-state index in [0.29, 0.717) is 13.0 Å². The Balaban J connectivity index is 1.80. The third-order valence-electron chi connectivity index (χ3n) is 3.74. The number of carbonyl (C=O) groups excluding carboxylic acids is 1. The molecule has 2 N–H and O–H groups in total. The van der Waals surface area contributed by atoms with Gasteiger partial charge in [-0.05, 0) is 30.5 Å². The lowest BCUT2D eigenvalue weighted by Gasteiger charge is -2.21. The van der Waals surface area contributed by atoms with Crippen LogP contribution in [-0.2, 0) is 16.0 Å². The van der Waals surface area contributed by atoms with Gasteiger partial charge in [0.25, 0.3) is 0 Å². The van der Waals surface area contributed by atoms with Gasteiger partial charge >= 0.3 is 5.97 Å². The molecule has 6 heteroatoms. The number of pyridine rings is 1. The molecule has 1 fully saturated rings. The Morgan fingerprint density at radius 3 is 3.15 bits per heavy atom. The number of nitrogens with one attached hydrogen (secondary N) is 1. The van der Waals surface area contributed by atoms with E-state index >= 15 is 0 Å². The number of aromatic amines is 1. The van der Waals surface area contributed by atoms with Crippen LogP contribution in [0.4, 0.5) is 0 Å². The first-order valence-electron chi connectivity index (χ1n) is 6.60. The number of nitrogens with zero attached hydrogens (tertiary/aromatic N) is 2. The zero-order valence-electron chi connectivity index (χ0n) is 10.9. The third kappa shape index (κ3) is 2.13. The van der Waals surface area contributed by atoms with Gasteiger partial charge in [0.15, 0.2) is 0 Å². The van der Waals surface area contributed by atoms with Crippen molar-refractivity contribution in [2.75, 3.05) is 6.54 Å². The lowest BCUT2D eigenvalue weighted by atomic mass is 10.1. The van der Waals surface area contributed by atoms with Crippen molar-refractivity contribution < 1.29 is 14.7 Å². The van der Waals surface area contributed by atoms with Crippen LogP contribution in [0, 0.1) is 0 Å². The maximum atomic E-state index is 12.3. The van der Waals surface area contributed by atoms with Gasteiger partial charge in [-0.15, -0.1) is 0 Å². The van der Waals surface area contributed by atoms with Crippen LogP contribution in [0.15, 0.2) is 24.5 Å². The van der Waals surface area contributed by atoms with Gasteiger partial charge in [-0.2, -0.15) is 0 Å². The molecule has 1 aliphatic heterocycles. The van der Waals surface area contributed by atoms with Crippen LogP contribution in [0.1, 0.15) is 18.4 Å². The van der Waals surface area contributed by atoms with Crippen LogP contribution in [0.25, 0.3) is 11.0 Å². The molecule has 6 nitrogen and oxygen atoms in total. The van der Waals surface area contributed by atoms with Crippen LogP contribution < -0.4 is 0 Å². The Hall–Kier alpha value is -2.37. The number of hydrogen-bond donors (Lipinski definition) is 2. The van der Waals surface area contributed by atoms with Crippen LogP contribution >= 0.6 is 0 Å². The summed E-state index contributed by atoms with van der Waals surface area (Å²) in [6, 6.07) is 3.05. The third-order valence-corrected chi connectivity index (χ3v) is 3.74. The van der Waals surface area contributed by atoms with Crippen LogP contribution in [0.2, 0.25) is 0 Å². The molecule has 1 aliphatic rings. The van der Waals surface area contributed by atoms with E-state index in [1.807, 2.05) is 12.1 Å². The van der Waals surface area contributed by atoms with Gasteiger partial charge in [-0.25, -0.2) is 9.78 Å². The van der Waals surface area contributed by atoms with Gasteiger partial charge in [-0.1, -0.05) is 0 Å². The fourth-order valence-corrected chi connectivity index (χ4v) is 2.75.